The zero-order valence-electron chi connectivity index (χ0n) is 11.7. The first-order valence-electron chi connectivity index (χ1n) is 6.49. The summed E-state index contributed by atoms with van der Waals surface area (Å²) in [4.78, 5) is 11.0. The summed E-state index contributed by atoms with van der Waals surface area (Å²) in [6.07, 6.45) is 1.69. The molecule has 0 aliphatic carbocycles. The maximum Gasteiger partial charge on any atom is 0.297 e. The fourth-order valence-electron chi connectivity index (χ4n) is 1.90. The van der Waals surface area contributed by atoms with Crippen LogP contribution in [0.2, 0.25) is 0 Å². The Kier molecular flexibility index (Phi) is 4.52. The van der Waals surface area contributed by atoms with E-state index in [9.17, 15) is 0 Å². The van der Waals surface area contributed by atoms with E-state index in [2.05, 4.69) is 27.1 Å². The van der Waals surface area contributed by atoms with Gasteiger partial charge >= 0.3 is 0 Å². The van der Waals surface area contributed by atoms with Crippen molar-refractivity contribution in [3.8, 4) is 0 Å². The number of anilines is 1. The highest BCUT2D eigenvalue weighted by molar-refractivity contribution is 5.28. The molecule has 5 nitrogen and oxygen atoms in total. The highest BCUT2D eigenvalue weighted by Crippen LogP contribution is 2.16. The molecule has 2 rings (SSSR count). The molecule has 5 heteroatoms. The van der Waals surface area contributed by atoms with Crippen molar-refractivity contribution in [2.24, 2.45) is 0 Å². The number of hydrogen-bond acceptors (Lipinski definition) is 5. The number of pyridine rings is 1. The Hall–Kier alpha value is -1.88. The molecule has 1 N–H and O–H groups in total. The summed E-state index contributed by atoms with van der Waals surface area (Å²) in [5.41, 5.74) is 2.96. The van der Waals surface area contributed by atoms with Crippen molar-refractivity contribution in [1.29, 1.82) is 0 Å². The van der Waals surface area contributed by atoms with Crippen molar-refractivity contribution in [3.63, 3.8) is 0 Å². The molecular weight excluding hydrogens is 240 g/mol. The molecule has 0 amide bonds. The van der Waals surface area contributed by atoms with Gasteiger partial charge in [0.15, 0.2) is 0 Å². The Morgan fingerprint density at radius 1 is 1.26 bits per heavy atom. The van der Waals surface area contributed by atoms with Crippen LogP contribution in [0.4, 0.5) is 6.01 Å². The largest absolute Gasteiger partial charge is 0.432 e. The molecule has 0 aromatic carbocycles. The van der Waals surface area contributed by atoms with E-state index < -0.39 is 0 Å². The van der Waals surface area contributed by atoms with Crippen molar-refractivity contribution in [1.82, 2.24) is 15.3 Å². The van der Waals surface area contributed by atoms with Gasteiger partial charge in [-0.25, -0.2) is 0 Å². The summed E-state index contributed by atoms with van der Waals surface area (Å²) in [5, 5.41) is 3.06. The molecule has 19 heavy (non-hydrogen) atoms. The molecule has 2 aromatic heterocycles. The van der Waals surface area contributed by atoms with Crippen molar-refractivity contribution < 1.29 is 4.42 Å². The van der Waals surface area contributed by atoms with Crippen molar-refractivity contribution >= 4 is 6.01 Å². The number of oxazole rings is 1. The van der Waals surface area contributed by atoms with Crippen LogP contribution in [0.15, 0.2) is 28.9 Å². The topological polar surface area (TPSA) is 54.2 Å². The van der Waals surface area contributed by atoms with Crippen LogP contribution in [0.3, 0.4) is 0 Å². The zero-order valence-corrected chi connectivity index (χ0v) is 11.7. The SMILES string of the molecule is CCN(Cc1cccc(C)n1)c1nc(CNC)co1. The summed E-state index contributed by atoms with van der Waals surface area (Å²) in [7, 11) is 1.89. The fraction of sp³-hybridized carbons (Fsp3) is 0.429. The number of aryl methyl sites for hydroxylation is 1. The first kappa shape index (κ1) is 13.5. The summed E-state index contributed by atoms with van der Waals surface area (Å²) in [5.74, 6) is 0. The lowest BCUT2D eigenvalue weighted by Crippen LogP contribution is -2.23. The molecule has 0 atom stereocenters. The quantitative estimate of drug-likeness (QED) is 0.862. The molecular formula is C14H20N4O. The zero-order chi connectivity index (χ0) is 13.7. The molecule has 0 radical (unpaired) electrons. The van der Waals surface area contributed by atoms with Gasteiger partial charge in [-0.3, -0.25) is 4.98 Å². The Balaban J connectivity index is 2.10. The molecule has 0 unspecified atom stereocenters. The number of nitrogens with one attached hydrogen (secondary N) is 1. The molecule has 102 valence electrons. The maximum atomic E-state index is 5.52. The summed E-state index contributed by atoms with van der Waals surface area (Å²) in [6, 6.07) is 6.69. The van der Waals surface area contributed by atoms with Crippen LogP contribution in [-0.2, 0) is 13.1 Å². The van der Waals surface area contributed by atoms with Crippen molar-refractivity contribution in [2.45, 2.75) is 26.9 Å². The van der Waals surface area contributed by atoms with Gasteiger partial charge in [0.25, 0.3) is 6.01 Å². The molecule has 0 fully saturated rings. The van der Waals surface area contributed by atoms with Crippen LogP contribution in [0.5, 0.6) is 0 Å². The Morgan fingerprint density at radius 2 is 2.11 bits per heavy atom. The maximum absolute atomic E-state index is 5.52. The predicted octanol–water partition coefficient (Wildman–Crippen LogP) is 2.12. The number of hydrogen-bond donors (Lipinski definition) is 1. The molecule has 0 saturated heterocycles. The first-order valence-corrected chi connectivity index (χ1v) is 6.49. The highest BCUT2D eigenvalue weighted by atomic mass is 16.4. The lowest BCUT2D eigenvalue weighted by atomic mass is 10.3. The fourth-order valence-corrected chi connectivity index (χ4v) is 1.90. The molecule has 0 aliphatic heterocycles. The Labute approximate surface area is 113 Å². The van der Waals surface area contributed by atoms with Gasteiger partial charge in [0.1, 0.15) is 6.26 Å². The van der Waals surface area contributed by atoms with Gasteiger partial charge in [0.05, 0.1) is 17.9 Å². The summed E-state index contributed by atoms with van der Waals surface area (Å²) in [6.45, 7) is 6.32. The minimum absolute atomic E-state index is 0.649. The third-order valence-corrected chi connectivity index (χ3v) is 2.85. The van der Waals surface area contributed by atoms with Gasteiger partial charge in [0, 0.05) is 18.8 Å². The van der Waals surface area contributed by atoms with Gasteiger partial charge in [0.2, 0.25) is 0 Å². The average Bonchev–Trinajstić information content (AvgIpc) is 2.85. The number of aromatic nitrogens is 2. The standard InChI is InChI=1S/C14H20N4O/c1-4-18(9-12-7-5-6-11(2)16-12)14-17-13(8-15-3)10-19-14/h5-7,10,15H,4,8-9H2,1-3H3. The van der Waals surface area contributed by atoms with Crippen LogP contribution >= 0.6 is 0 Å². The monoisotopic (exact) mass is 260 g/mol. The van der Waals surface area contributed by atoms with E-state index in [0.717, 1.165) is 23.6 Å². The van der Waals surface area contributed by atoms with E-state index in [1.807, 2.05) is 32.2 Å². The van der Waals surface area contributed by atoms with Crippen LogP contribution in [-0.4, -0.2) is 23.6 Å². The third kappa shape index (κ3) is 3.54. The second-order valence-electron chi connectivity index (χ2n) is 4.44. The first-order chi connectivity index (χ1) is 9.22. The lowest BCUT2D eigenvalue weighted by Gasteiger charge is -2.17. The Morgan fingerprint density at radius 3 is 2.79 bits per heavy atom. The van der Waals surface area contributed by atoms with Crippen molar-refractivity contribution in [2.75, 3.05) is 18.5 Å². The minimum atomic E-state index is 0.649. The van der Waals surface area contributed by atoms with Gasteiger partial charge in [-0.1, -0.05) is 6.07 Å². The molecule has 0 saturated carbocycles. The smallest absolute Gasteiger partial charge is 0.297 e. The molecule has 2 heterocycles. The molecule has 0 bridgehead atoms. The number of rotatable bonds is 6. The van der Waals surface area contributed by atoms with Crippen LogP contribution in [0, 0.1) is 6.92 Å². The molecule has 2 aromatic rings. The van der Waals surface area contributed by atoms with Crippen LogP contribution in [0.1, 0.15) is 24.0 Å². The average molecular weight is 260 g/mol. The van der Waals surface area contributed by atoms with Gasteiger partial charge in [-0.15, -0.1) is 0 Å². The molecule has 0 aliphatic rings. The van der Waals surface area contributed by atoms with Crippen molar-refractivity contribution in [3.05, 3.63) is 41.5 Å². The number of nitrogens with zero attached hydrogens (tertiary/aromatic N) is 3. The van der Waals surface area contributed by atoms with E-state index in [-0.39, 0.29) is 0 Å². The van der Waals surface area contributed by atoms with E-state index in [1.165, 1.54) is 0 Å². The summed E-state index contributed by atoms with van der Waals surface area (Å²) < 4.78 is 5.52. The van der Waals surface area contributed by atoms with E-state index in [0.29, 0.717) is 19.1 Å². The normalized spacial score (nSPS) is 10.7. The van der Waals surface area contributed by atoms with Gasteiger partial charge in [-0.2, -0.15) is 4.98 Å². The van der Waals surface area contributed by atoms with E-state index >= 15 is 0 Å². The Bertz CT molecular complexity index is 524. The van der Waals surface area contributed by atoms with E-state index in [1.54, 1.807) is 6.26 Å². The lowest BCUT2D eigenvalue weighted by molar-refractivity contribution is 0.532. The van der Waals surface area contributed by atoms with Gasteiger partial charge in [-0.05, 0) is 33.0 Å². The third-order valence-electron chi connectivity index (χ3n) is 2.85. The summed E-state index contributed by atoms with van der Waals surface area (Å²) >= 11 is 0. The van der Waals surface area contributed by atoms with Crippen LogP contribution in [0.25, 0.3) is 0 Å². The predicted molar refractivity (Wildman–Crippen MR) is 75.0 cm³/mol. The highest BCUT2D eigenvalue weighted by Gasteiger charge is 2.12. The van der Waals surface area contributed by atoms with Gasteiger partial charge < -0.3 is 14.6 Å². The molecule has 0 spiro atoms. The van der Waals surface area contributed by atoms with E-state index in [4.69, 9.17) is 4.42 Å². The second kappa shape index (κ2) is 6.33. The second-order valence-corrected chi connectivity index (χ2v) is 4.44. The van der Waals surface area contributed by atoms with Crippen LogP contribution < -0.4 is 10.2 Å². The minimum Gasteiger partial charge on any atom is -0.432 e.